The van der Waals surface area contributed by atoms with E-state index < -0.39 is 0 Å². The lowest BCUT2D eigenvalue weighted by atomic mass is 9.98. The number of nitrogens with one attached hydrogen (secondary N) is 1. The van der Waals surface area contributed by atoms with Crippen LogP contribution in [0.4, 0.5) is 0 Å². The van der Waals surface area contributed by atoms with Crippen LogP contribution in [0, 0.1) is 5.92 Å². The van der Waals surface area contributed by atoms with Crippen LogP contribution in [0.25, 0.3) is 0 Å². The Kier molecular flexibility index (Phi) is 11.3. The van der Waals surface area contributed by atoms with Crippen molar-refractivity contribution in [2.45, 2.75) is 39.8 Å². The summed E-state index contributed by atoms with van der Waals surface area (Å²) in [5, 5.41) is 3.40. The zero-order valence-corrected chi connectivity index (χ0v) is 18.9. The van der Waals surface area contributed by atoms with E-state index >= 15 is 0 Å². The molecule has 0 bridgehead atoms. The van der Waals surface area contributed by atoms with Crippen LogP contribution in [0.5, 0.6) is 0 Å². The predicted molar refractivity (Wildman–Crippen MR) is 118 cm³/mol. The van der Waals surface area contributed by atoms with Gasteiger partial charge < -0.3 is 19.7 Å². The number of carbonyl (C=O) groups excluding carboxylic acids is 1. The lowest BCUT2D eigenvalue weighted by Gasteiger charge is -2.34. The Morgan fingerprint density at radius 3 is 2.56 bits per heavy atom. The molecule has 1 saturated heterocycles. The summed E-state index contributed by atoms with van der Waals surface area (Å²) in [6, 6.07) is 8.39. The fraction of sp³-hybridized carbons (Fsp3) is 0.600. The summed E-state index contributed by atoms with van der Waals surface area (Å²) in [7, 11) is 1.78. The van der Waals surface area contributed by atoms with E-state index in [4.69, 9.17) is 9.47 Å². The van der Waals surface area contributed by atoms with E-state index in [1.165, 1.54) is 11.1 Å². The molecule has 2 rings (SSSR count). The van der Waals surface area contributed by atoms with Gasteiger partial charge in [0.25, 0.3) is 0 Å². The second-order valence-corrected chi connectivity index (χ2v) is 6.39. The van der Waals surface area contributed by atoms with Crippen molar-refractivity contribution in [2.75, 3.05) is 33.4 Å². The summed E-state index contributed by atoms with van der Waals surface area (Å²) in [4.78, 5) is 18.6. The molecule has 1 atom stereocenters. The molecule has 0 aliphatic carbocycles. The molecule has 0 amide bonds. The first-order valence-electron chi connectivity index (χ1n) is 9.45. The van der Waals surface area contributed by atoms with Crippen LogP contribution in [0.2, 0.25) is 0 Å². The van der Waals surface area contributed by atoms with Crippen LogP contribution in [0.3, 0.4) is 0 Å². The lowest BCUT2D eigenvalue weighted by Crippen LogP contribution is -2.48. The summed E-state index contributed by atoms with van der Waals surface area (Å²) in [6.45, 7) is 7.91. The molecule has 7 heteroatoms. The minimum absolute atomic E-state index is 0. The van der Waals surface area contributed by atoms with E-state index in [1.807, 2.05) is 13.8 Å². The number of halogens is 1. The number of ether oxygens (including phenoxy) is 2. The van der Waals surface area contributed by atoms with Gasteiger partial charge in [0.2, 0.25) is 0 Å². The van der Waals surface area contributed by atoms with Crippen molar-refractivity contribution in [3.63, 3.8) is 0 Å². The van der Waals surface area contributed by atoms with Gasteiger partial charge in [-0.1, -0.05) is 24.3 Å². The maximum Gasteiger partial charge on any atom is 0.310 e. The number of aliphatic imine (C=N–C) groups is 1. The number of carbonyl (C=O) groups is 1. The number of piperidine rings is 1. The second kappa shape index (κ2) is 12.9. The number of rotatable bonds is 7. The Balaban J connectivity index is 0.00000364. The Labute approximate surface area is 179 Å². The van der Waals surface area contributed by atoms with Gasteiger partial charge in [-0.15, -0.1) is 24.0 Å². The van der Waals surface area contributed by atoms with E-state index in [-0.39, 0.29) is 35.9 Å². The van der Waals surface area contributed by atoms with Crippen LogP contribution >= 0.6 is 24.0 Å². The van der Waals surface area contributed by atoms with Crippen molar-refractivity contribution in [3.05, 3.63) is 35.4 Å². The SMILES string of the molecule is CCOCc1ccc(CNC(=NC)N2CCCC(C(=O)OCC)C2)cc1.I. The number of esters is 1. The molecule has 0 radical (unpaired) electrons. The van der Waals surface area contributed by atoms with Crippen LogP contribution in [0.1, 0.15) is 37.8 Å². The van der Waals surface area contributed by atoms with Crippen molar-refractivity contribution in [1.82, 2.24) is 10.2 Å². The van der Waals surface area contributed by atoms with Crippen molar-refractivity contribution in [2.24, 2.45) is 10.9 Å². The monoisotopic (exact) mass is 489 g/mol. The Hall–Kier alpha value is -1.35. The molecule has 0 saturated carbocycles. The number of guanidine groups is 1. The summed E-state index contributed by atoms with van der Waals surface area (Å²) in [5.41, 5.74) is 2.36. The van der Waals surface area contributed by atoms with E-state index in [1.54, 1.807) is 7.05 Å². The summed E-state index contributed by atoms with van der Waals surface area (Å²) in [6.07, 6.45) is 1.85. The Bertz CT molecular complexity index is 593. The van der Waals surface area contributed by atoms with E-state index in [0.717, 1.165) is 32.0 Å². The molecule has 0 aromatic heterocycles. The van der Waals surface area contributed by atoms with Gasteiger partial charge in [0, 0.05) is 33.3 Å². The molecule has 6 nitrogen and oxygen atoms in total. The largest absolute Gasteiger partial charge is 0.466 e. The highest BCUT2D eigenvalue weighted by atomic mass is 127. The number of hydrogen-bond acceptors (Lipinski definition) is 4. The van der Waals surface area contributed by atoms with Crippen molar-refractivity contribution in [1.29, 1.82) is 0 Å². The average molecular weight is 489 g/mol. The zero-order valence-electron chi connectivity index (χ0n) is 16.6. The van der Waals surface area contributed by atoms with Gasteiger partial charge in [0.05, 0.1) is 19.1 Å². The lowest BCUT2D eigenvalue weighted by molar-refractivity contribution is -0.149. The normalized spacial score (nSPS) is 17.2. The van der Waals surface area contributed by atoms with E-state index in [9.17, 15) is 4.79 Å². The molecular weight excluding hydrogens is 457 g/mol. The minimum atomic E-state index is -0.0995. The van der Waals surface area contributed by atoms with Gasteiger partial charge in [0.15, 0.2) is 5.96 Å². The van der Waals surface area contributed by atoms with Crippen molar-refractivity contribution in [3.8, 4) is 0 Å². The maximum atomic E-state index is 12.0. The van der Waals surface area contributed by atoms with Gasteiger partial charge >= 0.3 is 5.97 Å². The molecule has 152 valence electrons. The van der Waals surface area contributed by atoms with Crippen LogP contribution < -0.4 is 5.32 Å². The molecule has 27 heavy (non-hydrogen) atoms. The Morgan fingerprint density at radius 1 is 1.22 bits per heavy atom. The highest BCUT2D eigenvalue weighted by Crippen LogP contribution is 2.18. The van der Waals surface area contributed by atoms with Gasteiger partial charge in [0.1, 0.15) is 0 Å². The first-order chi connectivity index (χ1) is 12.7. The fourth-order valence-electron chi connectivity index (χ4n) is 3.11. The third-order valence-electron chi connectivity index (χ3n) is 4.50. The highest BCUT2D eigenvalue weighted by Gasteiger charge is 2.28. The summed E-state index contributed by atoms with van der Waals surface area (Å²) >= 11 is 0. The summed E-state index contributed by atoms with van der Waals surface area (Å²) in [5.74, 6) is 0.662. The minimum Gasteiger partial charge on any atom is -0.466 e. The summed E-state index contributed by atoms with van der Waals surface area (Å²) < 4.78 is 10.6. The van der Waals surface area contributed by atoms with E-state index in [2.05, 4.69) is 39.5 Å². The van der Waals surface area contributed by atoms with Crippen LogP contribution in [-0.4, -0.2) is 50.2 Å². The van der Waals surface area contributed by atoms with Crippen molar-refractivity contribution < 1.29 is 14.3 Å². The smallest absolute Gasteiger partial charge is 0.310 e. The van der Waals surface area contributed by atoms with E-state index in [0.29, 0.717) is 26.3 Å². The van der Waals surface area contributed by atoms with Gasteiger partial charge in [-0.05, 0) is 37.8 Å². The molecule has 1 aliphatic rings. The number of hydrogen-bond donors (Lipinski definition) is 1. The number of likely N-dealkylation sites (tertiary alicyclic amines) is 1. The highest BCUT2D eigenvalue weighted by molar-refractivity contribution is 14.0. The number of nitrogens with zero attached hydrogens (tertiary/aromatic N) is 2. The molecule has 1 aromatic rings. The average Bonchev–Trinajstić information content (AvgIpc) is 2.68. The molecule has 1 heterocycles. The molecule has 1 fully saturated rings. The topological polar surface area (TPSA) is 63.2 Å². The van der Waals surface area contributed by atoms with Gasteiger partial charge in [-0.25, -0.2) is 0 Å². The van der Waals surface area contributed by atoms with Crippen molar-refractivity contribution >= 4 is 35.9 Å². The molecule has 0 spiro atoms. The maximum absolute atomic E-state index is 12.0. The van der Waals surface area contributed by atoms with Gasteiger partial charge in [-0.3, -0.25) is 9.79 Å². The quantitative estimate of drug-likeness (QED) is 0.276. The molecule has 1 aromatic carbocycles. The fourth-order valence-corrected chi connectivity index (χ4v) is 3.11. The van der Waals surface area contributed by atoms with Crippen LogP contribution in [-0.2, 0) is 27.4 Å². The molecule has 1 unspecified atom stereocenters. The molecular formula is C20H32IN3O3. The Morgan fingerprint density at radius 2 is 1.93 bits per heavy atom. The molecule has 1 N–H and O–H groups in total. The molecule has 1 aliphatic heterocycles. The third kappa shape index (κ3) is 7.65. The zero-order chi connectivity index (χ0) is 18.8. The third-order valence-corrected chi connectivity index (χ3v) is 4.50. The second-order valence-electron chi connectivity index (χ2n) is 6.39. The first kappa shape index (κ1) is 23.7. The standard InChI is InChI=1S/C20H31N3O3.HI/c1-4-25-15-17-10-8-16(9-11-17)13-22-20(21-3)23-12-6-7-18(14-23)19(24)26-5-2;/h8-11,18H,4-7,12-15H2,1-3H3,(H,21,22);1H. The van der Waals surface area contributed by atoms with Gasteiger partial charge in [-0.2, -0.15) is 0 Å². The predicted octanol–water partition coefficient (Wildman–Crippen LogP) is 3.19. The van der Waals surface area contributed by atoms with Crippen LogP contribution in [0.15, 0.2) is 29.3 Å². The first-order valence-corrected chi connectivity index (χ1v) is 9.45. The number of benzene rings is 1.